The Morgan fingerprint density at radius 1 is 0.886 bits per heavy atom. The lowest BCUT2D eigenvalue weighted by Crippen LogP contribution is -2.59. The summed E-state index contributed by atoms with van der Waals surface area (Å²) < 4.78 is 5.54. The van der Waals surface area contributed by atoms with Crippen LogP contribution in [0.4, 0.5) is 0 Å². The highest BCUT2D eigenvalue weighted by Crippen LogP contribution is 2.89. The van der Waals surface area contributed by atoms with Crippen molar-refractivity contribution in [3.05, 3.63) is 0 Å². The second-order valence-electron chi connectivity index (χ2n) is 15.2. The van der Waals surface area contributed by atoms with Gasteiger partial charge in [-0.1, -0.05) is 27.7 Å². The molecule has 0 aromatic carbocycles. The highest BCUT2D eigenvalue weighted by Gasteiger charge is 2.82. The van der Waals surface area contributed by atoms with Gasteiger partial charge in [-0.3, -0.25) is 0 Å². The molecule has 5 rings (SSSR count). The molecular formula is C31H54O4. The first-order valence-electron chi connectivity index (χ1n) is 14.8. The first-order chi connectivity index (χ1) is 16.3. The SMILES string of the molecule is COC(C)(C)[C@@H](O)CC[C@@H](C)[C@H]1CC[C@@]2(C)[C@@H]3CC[C@H]4[C@](C)(CO)[C@@H](O)CC[C@@]45C[C@@]35CC[C@]12C. The molecule has 0 heterocycles. The Bertz CT molecular complexity index is 827. The molecule has 5 fully saturated rings. The van der Waals surface area contributed by atoms with Crippen LogP contribution in [0.15, 0.2) is 0 Å². The Morgan fingerprint density at radius 3 is 2.20 bits per heavy atom. The van der Waals surface area contributed by atoms with Gasteiger partial charge in [0.2, 0.25) is 0 Å². The first kappa shape index (κ1) is 26.4. The lowest BCUT2D eigenvalue weighted by Gasteiger charge is -2.63. The van der Waals surface area contributed by atoms with Gasteiger partial charge < -0.3 is 20.1 Å². The fraction of sp³-hybridized carbons (Fsp3) is 1.00. The summed E-state index contributed by atoms with van der Waals surface area (Å²) in [6.45, 7) is 14.0. The van der Waals surface area contributed by atoms with Crippen LogP contribution in [0, 0.1) is 50.7 Å². The van der Waals surface area contributed by atoms with Crippen molar-refractivity contribution in [1.29, 1.82) is 0 Å². The summed E-state index contributed by atoms with van der Waals surface area (Å²) in [4.78, 5) is 0. The van der Waals surface area contributed by atoms with Crippen molar-refractivity contribution in [3.8, 4) is 0 Å². The largest absolute Gasteiger partial charge is 0.396 e. The van der Waals surface area contributed by atoms with Gasteiger partial charge in [-0.05, 0) is 130 Å². The van der Waals surface area contributed by atoms with Crippen molar-refractivity contribution in [2.24, 2.45) is 50.7 Å². The summed E-state index contributed by atoms with van der Waals surface area (Å²) in [7, 11) is 1.70. The van der Waals surface area contributed by atoms with Crippen molar-refractivity contribution >= 4 is 0 Å². The molecule has 0 amide bonds. The molecule has 2 spiro atoms. The zero-order valence-corrected chi connectivity index (χ0v) is 23.7. The van der Waals surface area contributed by atoms with Crippen molar-refractivity contribution in [2.75, 3.05) is 13.7 Å². The molecule has 3 N–H and O–H groups in total. The van der Waals surface area contributed by atoms with Crippen LogP contribution in [0.3, 0.4) is 0 Å². The maximum absolute atomic E-state index is 10.9. The molecule has 202 valence electrons. The monoisotopic (exact) mass is 490 g/mol. The van der Waals surface area contributed by atoms with Crippen LogP contribution in [0.1, 0.15) is 112 Å². The second-order valence-corrected chi connectivity index (χ2v) is 15.2. The summed E-state index contributed by atoms with van der Waals surface area (Å²) >= 11 is 0. The minimum Gasteiger partial charge on any atom is -0.396 e. The second kappa shape index (κ2) is 8.17. The van der Waals surface area contributed by atoms with Gasteiger partial charge in [-0.25, -0.2) is 0 Å². The molecule has 0 aromatic rings. The smallest absolute Gasteiger partial charge is 0.0880 e. The summed E-state index contributed by atoms with van der Waals surface area (Å²) in [5.41, 5.74) is 0.774. The summed E-state index contributed by atoms with van der Waals surface area (Å²) in [5.74, 6) is 2.62. The average molecular weight is 491 g/mol. The number of aliphatic hydroxyl groups is 3. The van der Waals surface area contributed by atoms with E-state index in [1.54, 1.807) is 7.11 Å². The van der Waals surface area contributed by atoms with Crippen molar-refractivity contribution < 1.29 is 20.1 Å². The van der Waals surface area contributed by atoms with E-state index in [1.807, 2.05) is 13.8 Å². The molecule has 4 nitrogen and oxygen atoms in total. The van der Waals surface area contributed by atoms with Crippen LogP contribution in [0.2, 0.25) is 0 Å². The van der Waals surface area contributed by atoms with Crippen molar-refractivity contribution in [2.45, 2.75) is 130 Å². The van der Waals surface area contributed by atoms with Gasteiger partial charge in [0.15, 0.2) is 0 Å². The lowest BCUT2D eigenvalue weighted by molar-refractivity contribution is -0.174. The minimum absolute atomic E-state index is 0.127. The average Bonchev–Trinajstić information content (AvgIpc) is 3.42. The predicted molar refractivity (Wildman–Crippen MR) is 140 cm³/mol. The molecule has 4 heteroatoms. The molecule has 0 aromatic heterocycles. The minimum atomic E-state index is -0.486. The first-order valence-corrected chi connectivity index (χ1v) is 14.8. The maximum Gasteiger partial charge on any atom is 0.0880 e. The van der Waals surface area contributed by atoms with Gasteiger partial charge >= 0.3 is 0 Å². The molecule has 0 radical (unpaired) electrons. The van der Waals surface area contributed by atoms with Crippen LogP contribution < -0.4 is 0 Å². The number of rotatable bonds is 7. The third-order valence-electron chi connectivity index (χ3n) is 14.2. The zero-order chi connectivity index (χ0) is 25.7. The van der Waals surface area contributed by atoms with Crippen LogP contribution in [-0.2, 0) is 4.74 Å². The van der Waals surface area contributed by atoms with Crippen LogP contribution in [-0.4, -0.2) is 46.8 Å². The fourth-order valence-corrected chi connectivity index (χ4v) is 11.5. The third-order valence-corrected chi connectivity index (χ3v) is 14.2. The van der Waals surface area contributed by atoms with E-state index in [1.165, 1.54) is 51.4 Å². The van der Waals surface area contributed by atoms with E-state index in [9.17, 15) is 15.3 Å². The van der Waals surface area contributed by atoms with Crippen molar-refractivity contribution in [3.63, 3.8) is 0 Å². The number of fused-ring (bicyclic) bond motifs is 2. The number of aliphatic hydroxyl groups excluding tert-OH is 3. The molecular weight excluding hydrogens is 436 g/mol. The topological polar surface area (TPSA) is 69.9 Å². The Balaban J connectivity index is 1.36. The molecule has 35 heavy (non-hydrogen) atoms. The number of methoxy groups -OCH3 is 1. The van der Waals surface area contributed by atoms with Crippen molar-refractivity contribution in [1.82, 2.24) is 0 Å². The van der Waals surface area contributed by atoms with E-state index in [-0.39, 0.29) is 18.1 Å². The molecule has 11 atom stereocenters. The predicted octanol–water partition coefficient (Wildman–Crippen LogP) is 5.96. The summed E-state index contributed by atoms with van der Waals surface area (Å²) in [6.07, 6.45) is 12.3. The molecule has 5 aliphatic rings. The number of ether oxygens (including phenoxy) is 1. The van der Waals surface area contributed by atoms with E-state index >= 15 is 0 Å². The van der Waals surface area contributed by atoms with Gasteiger partial charge in [0.1, 0.15) is 0 Å². The number of hydrogen-bond donors (Lipinski definition) is 3. The molecule has 0 aliphatic heterocycles. The lowest BCUT2D eigenvalue weighted by atomic mass is 9.41. The fourth-order valence-electron chi connectivity index (χ4n) is 11.5. The quantitative estimate of drug-likeness (QED) is 0.412. The highest BCUT2D eigenvalue weighted by molar-refractivity contribution is 5.30. The van der Waals surface area contributed by atoms with Crippen LogP contribution in [0.25, 0.3) is 0 Å². The Hall–Kier alpha value is -0.160. The molecule has 5 aliphatic carbocycles. The Morgan fingerprint density at radius 2 is 1.54 bits per heavy atom. The standard InChI is InChI=1S/C31H54O4/c1-20(8-11-24(33)26(2,3)35-7)21-12-14-29(6)23-10-9-22-27(4,19-32)25(34)13-15-30(22)18-31(23,30)17-16-28(21,29)5/h20-25,32-34H,8-19H2,1-7H3/t20-,21-,22+,23+,24+,25+,27+,28-,29+,30-,31+/m1/s1. The van der Waals surface area contributed by atoms with Gasteiger partial charge in [0.25, 0.3) is 0 Å². The van der Waals surface area contributed by atoms with E-state index in [2.05, 4.69) is 27.7 Å². The zero-order valence-electron chi connectivity index (χ0n) is 23.7. The highest BCUT2D eigenvalue weighted by atomic mass is 16.5. The molecule has 5 saturated carbocycles. The molecule has 0 bridgehead atoms. The van der Waals surface area contributed by atoms with Crippen LogP contribution >= 0.6 is 0 Å². The Kier molecular flexibility index (Phi) is 6.17. The Labute approximate surface area is 214 Å². The third kappa shape index (κ3) is 3.24. The summed E-state index contributed by atoms with van der Waals surface area (Å²) in [5, 5.41) is 32.0. The van der Waals surface area contributed by atoms with E-state index in [0.29, 0.717) is 33.5 Å². The maximum atomic E-state index is 10.9. The van der Waals surface area contributed by atoms with Gasteiger partial charge in [-0.2, -0.15) is 0 Å². The van der Waals surface area contributed by atoms with E-state index in [4.69, 9.17) is 4.74 Å². The van der Waals surface area contributed by atoms with Gasteiger partial charge in [0.05, 0.1) is 24.4 Å². The van der Waals surface area contributed by atoms with E-state index < -0.39 is 11.7 Å². The van der Waals surface area contributed by atoms with Crippen LogP contribution in [0.5, 0.6) is 0 Å². The van der Waals surface area contributed by atoms with E-state index in [0.717, 1.165) is 31.1 Å². The normalized spacial score (nSPS) is 52.6. The molecule has 0 saturated heterocycles. The number of hydrogen-bond acceptors (Lipinski definition) is 4. The summed E-state index contributed by atoms with van der Waals surface area (Å²) in [6, 6.07) is 0. The van der Waals surface area contributed by atoms with Gasteiger partial charge in [-0.15, -0.1) is 0 Å². The van der Waals surface area contributed by atoms with Gasteiger partial charge in [0, 0.05) is 12.5 Å². The molecule has 0 unspecified atom stereocenters.